The van der Waals surface area contributed by atoms with Crippen LogP contribution in [0, 0.1) is 17.8 Å². The van der Waals surface area contributed by atoms with Crippen LogP contribution in [0.4, 0.5) is 0 Å². The molecule has 0 saturated heterocycles. The Bertz CT molecular complexity index is 511. The second-order valence-corrected chi connectivity index (χ2v) is 7.88. The molecule has 2 aliphatic rings. The molecule has 0 aromatic heterocycles. The SMILES string of the molecule is CCC(C)(C)c1ccc(C(=O)CC2CC3CCC2C3)cc1. The van der Waals surface area contributed by atoms with Crippen molar-refractivity contribution in [2.45, 2.75) is 64.7 Å². The van der Waals surface area contributed by atoms with Crippen LogP contribution in [0.15, 0.2) is 24.3 Å². The highest BCUT2D eigenvalue weighted by Crippen LogP contribution is 2.49. The zero-order chi connectivity index (χ0) is 15.0. The van der Waals surface area contributed by atoms with E-state index >= 15 is 0 Å². The lowest BCUT2D eigenvalue weighted by Crippen LogP contribution is -2.17. The van der Waals surface area contributed by atoms with Gasteiger partial charge >= 0.3 is 0 Å². The minimum atomic E-state index is 0.201. The van der Waals surface area contributed by atoms with E-state index in [4.69, 9.17) is 0 Å². The van der Waals surface area contributed by atoms with E-state index < -0.39 is 0 Å². The van der Waals surface area contributed by atoms with Crippen molar-refractivity contribution >= 4 is 5.78 Å². The molecule has 3 atom stereocenters. The Morgan fingerprint density at radius 1 is 1.14 bits per heavy atom. The molecule has 3 unspecified atom stereocenters. The van der Waals surface area contributed by atoms with E-state index in [2.05, 4.69) is 32.9 Å². The number of fused-ring (bicyclic) bond motifs is 2. The van der Waals surface area contributed by atoms with Gasteiger partial charge in [-0.25, -0.2) is 0 Å². The zero-order valence-electron chi connectivity index (χ0n) is 13.7. The summed E-state index contributed by atoms with van der Waals surface area (Å²) in [4.78, 5) is 12.5. The van der Waals surface area contributed by atoms with Crippen LogP contribution < -0.4 is 0 Å². The number of hydrogen-bond acceptors (Lipinski definition) is 1. The van der Waals surface area contributed by atoms with E-state index in [0.29, 0.717) is 11.7 Å². The Balaban J connectivity index is 1.65. The minimum absolute atomic E-state index is 0.201. The normalized spacial score (nSPS) is 28.0. The molecule has 1 heteroatoms. The maximum Gasteiger partial charge on any atom is 0.163 e. The van der Waals surface area contributed by atoms with E-state index in [0.717, 1.165) is 30.2 Å². The predicted molar refractivity (Wildman–Crippen MR) is 87.6 cm³/mol. The smallest absolute Gasteiger partial charge is 0.163 e. The van der Waals surface area contributed by atoms with Crippen LogP contribution in [0.5, 0.6) is 0 Å². The summed E-state index contributed by atoms with van der Waals surface area (Å²) < 4.78 is 0. The highest BCUT2D eigenvalue weighted by Gasteiger charge is 2.40. The highest BCUT2D eigenvalue weighted by molar-refractivity contribution is 5.96. The molecule has 0 aliphatic heterocycles. The van der Waals surface area contributed by atoms with Crippen molar-refractivity contribution in [2.24, 2.45) is 17.8 Å². The first kappa shape index (κ1) is 14.8. The van der Waals surface area contributed by atoms with Crippen molar-refractivity contribution in [3.05, 3.63) is 35.4 Å². The van der Waals surface area contributed by atoms with Crippen molar-refractivity contribution in [1.29, 1.82) is 0 Å². The fourth-order valence-corrected chi connectivity index (χ4v) is 4.29. The molecule has 1 aromatic carbocycles. The number of rotatable bonds is 5. The number of benzene rings is 1. The molecule has 2 saturated carbocycles. The molecule has 114 valence electrons. The van der Waals surface area contributed by atoms with Gasteiger partial charge in [-0.2, -0.15) is 0 Å². The van der Waals surface area contributed by atoms with E-state index in [-0.39, 0.29) is 5.41 Å². The third-order valence-electron chi connectivity index (χ3n) is 6.20. The molecule has 2 bridgehead atoms. The van der Waals surface area contributed by atoms with Gasteiger partial charge in [0.05, 0.1) is 0 Å². The van der Waals surface area contributed by atoms with E-state index in [1.54, 1.807) is 0 Å². The average molecular weight is 284 g/mol. The molecule has 3 rings (SSSR count). The summed E-state index contributed by atoms with van der Waals surface area (Å²) in [6.45, 7) is 6.74. The van der Waals surface area contributed by atoms with Crippen LogP contribution in [-0.2, 0) is 5.41 Å². The maximum atomic E-state index is 12.5. The molecule has 0 amide bonds. The van der Waals surface area contributed by atoms with E-state index in [1.807, 2.05) is 12.1 Å². The third-order valence-corrected chi connectivity index (χ3v) is 6.20. The monoisotopic (exact) mass is 284 g/mol. The first-order chi connectivity index (χ1) is 9.99. The van der Waals surface area contributed by atoms with Crippen LogP contribution in [0.2, 0.25) is 0 Å². The molecular weight excluding hydrogens is 256 g/mol. The van der Waals surface area contributed by atoms with Gasteiger partial charge in [0.2, 0.25) is 0 Å². The van der Waals surface area contributed by atoms with Crippen molar-refractivity contribution in [3.63, 3.8) is 0 Å². The standard InChI is InChI=1S/C20H28O/c1-4-20(2,3)18-9-7-15(8-10-18)19(21)13-17-12-14-5-6-16(17)11-14/h7-10,14,16-17H,4-6,11-13H2,1-3H3. The van der Waals surface area contributed by atoms with Gasteiger partial charge in [-0.3, -0.25) is 4.79 Å². The number of Topliss-reactive ketones (excluding diaryl/α,β-unsaturated/α-hetero) is 1. The highest BCUT2D eigenvalue weighted by atomic mass is 16.1. The van der Waals surface area contributed by atoms with Crippen molar-refractivity contribution < 1.29 is 4.79 Å². The summed E-state index contributed by atoms with van der Waals surface area (Å²) in [5.74, 6) is 2.80. The van der Waals surface area contributed by atoms with Crippen LogP contribution in [-0.4, -0.2) is 5.78 Å². The molecule has 2 fully saturated rings. The largest absolute Gasteiger partial charge is 0.294 e. The molecule has 0 spiro atoms. The fourth-order valence-electron chi connectivity index (χ4n) is 4.29. The Kier molecular flexibility index (Phi) is 3.94. The van der Waals surface area contributed by atoms with Gasteiger partial charge in [0.1, 0.15) is 0 Å². The second kappa shape index (κ2) is 5.59. The lowest BCUT2D eigenvalue weighted by molar-refractivity contribution is 0.0944. The van der Waals surface area contributed by atoms with Crippen LogP contribution in [0.25, 0.3) is 0 Å². The Hall–Kier alpha value is -1.11. The summed E-state index contributed by atoms with van der Waals surface area (Å²) in [7, 11) is 0. The van der Waals surface area contributed by atoms with Crippen molar-refractivity contribution in [3.8, 4) is 0 Å². The van der Waals surface area contributed by atoms with Crippen LogP contribution in [0.3, 0.4) is 0 Å². The Morgan fingerprint density at radius 3 is 2.38 bits per heavy atom. The number of carbonyl (C=O) groups excluding carboxylic acids is 1. The van der Waals surface area contributed by atoms with Crippen molar-refractivity contribution in [1.82, 2.24) is 0 Å². The van der Waals surface area contributed by atoms with Gasteiger partial charge < -0.3 is 0 Å². The summed E-state index contributed by atoms with van der Waals surface area (Å²) >= 11 is 0. The predicted octanol–water partition coefficient (Wildman–Crippen LogP) is 5.38. The van der Waals surface area contributed by atoms with Gasteiger partial charge in [-0.15, -0.1) is 0 Å². The molecule has 21 heavy (non-hydrogen) atoms. The third kappa shape index (κ3) is 2.93. The Morgan fingerprint density at radius 2 is 1.86 bits per heavy atom. The number of ketones is 1. The maximum absolute atomic E-state index is 12.5. The summed E-state index contributed by atoms with van der Waals surface area (Å²) in [5.41, 5.74) is 2.45. The summed E-state index contributed by atoms with van der Waals surface area (Å²) in [6, 6.07) is 8.39. The lowest BCUT2D eigenvalue weighted by Gasteiger charge is -2.24. The molecule has 1 aromatic rings. The number of hydrogen-bond donors (Lipinski definition) is 0. The minimum Gasteiger partial charge on any atom is -0.294 e. The molecule has 0 heterocycles. The van der Waals surface area contributed by atoms with Crippen LogP contribution >= 0.6 is 0 Å². The quantitative estimate of drug-likeness (QED) is 0.663. The second-order valence-electron chi connectivity index (χ2n) is 7.88. The average Bonchev–Trinajstić information content (AvgIpc) is 3.10. The van der Waals surface area contributed by atoms with E-state index in [9.17, 15) is 4.79 Å². The molecule has 0 radical (unpaired) electrons. The lowest BCUT2D eigenvalue weighted by atomic mass is 9.81. The molecular formula is C20H28O. The fraction of sp³-hybridized carbons (Fsp3) is 0.650. The van der Waals surface area contributed by atoms with Crippen LogP contribution in [0.1, 0.15) is 75.2 Å². The van der Waals surface area contributed by atoms with Gasteiger partial charge in [0.15, 0.2) is 5.78 Å². The molecule has 0 N–H and O–H groups in total. The van der Waals surface area contributed by atoms with Crippen molar-refractivity contribution in [2.75, 3.05) is 0 Å². The summed E-state index contributed by atoms with van der Waals surface area (Å²) in [6.07, 6.45) is 7.37. The van der Waals surface area contributed by atoms with E-state index in [1.165, 1.54) is 31.2 Å². The van der Waals surface area contributed by atoms with Gasteiger partial charge in [0.25, 0.3) is 0 Å². The van der Waals surface area contributed by atoms with Gasteiger partial charge in [-0.1, -0.05) is 51.5 Å². The number of carbonyl (C=O) groups is 1. The molecule has 2 aliphatic carbocycles. The van der Waals surface area contributed by atoms with Gasteiger partial charge in [0, 0.05) is 12.0 Å². The Labute approximate surface area is 129 Å². The molecule has 1 nitrogen and oxygen atoms in total. The topological polar surface area (TPSA) is 17.1 Å². The first-order valence-corrected chi connectivity index (χ1v) is 8.63. The zero-order valence-corrected chi connectivity index (χ0v) is 13.7. The summed E-state index contributed by atoms with van der Waals surface area (Å²) in [5, 5.41) is 0. The first-order valence-electron chi connectivity index (χ1n) is 8.63. The van der Waals surface area contributed by atoms with Gasteiger partial charge in [-0.05, 0) is 54.4 Å².